The molecule has 124 valence electrons. The summed E-state index contributed by atoms with van der Waals surface area (Å²) in [5.41, 5.74) is 1.31. The van der Waals surface area contributed by atoms with Crippen molar-refractivity contribution in [3.63, 3.8) is 0 Å². The lowest BCUT2D eigenvalue weighted by atomic mass is 10.1. The summed E-state index contributed by atoms with van der Waals surface area (Å²) in [5, 5.41) is 18.2. The number of hydrogen-bond acceptors (Lipinski definition) is 4. The first-order chi connectivity index (χ1) is 12.1. The SMILES string of the molecule is O=C(O)c1nn[nH]c1Oc1cccc(C#CCc2ccc(F)cc2)c1. The second-order valence-electron chi connectivity index (χ2n) is 5.03. The molecule has 1 aromatic heterocycles. The fraction of sp³-hybridized carbons (Fsp3) is 0.0556. The molecule has 25 heavy (non-hydrogen) atoms. The number of aromatic nitrogens is 3. The molecule has 0 bridgehead atoms. The van der Waals surface area contributed by atoms with E-state index in [1.54, 1.807) is 36.4 Å². The van der Waals surface area contributed by atoms with Gasteiger partial charge in [0.05, 0.1) is 0 Å². The minimum atomic E-state index is -1.24. The lowest BCUT2D eigenvalue weighted by Gasteiger charge is -2.03. The summed E-state index contributed by atoms with van der Waals surface area (Å²) in [6.07, 6.45) is 0.485. The van der Waals surface area contributed by atoms with E-state index in [0.29, 0.717) is 17.7 Å². The van der Waals surface area contributed by atoms with Crippen LogP contribution in [0.15, 0.2) is 48.5 Å². The molecule has 0 aliphatic heterocycles. The number of benzene rings is 2. The third-order valence-corrected chi connectivity index (χ3v) is 3.21. The predicted octanol–water partition coefficient (Wildman–Crippen LogP) is 3.03. The van der Waals surface area contributed by atoms with E-state index in [9.17, 15) is 9.18 Å². The van der Waals surface area contributed by atoms with E-state index in [0.717, 1.165) is 5.56 Å². The van der Waals surface area contributed by atoms with Crippen LogP contribution in [-0.4, -0.2) is 26.5 Å². The first kappa shape index (κ1) is 16.2. The predicted molar refractivity (Wildman–Crippen MR) is 86.8 cm³/mol. The Labute approximate surface area is 142 Å². The van der Waals surface area contributed by atoms with Gasteiger partial charge in [-0.25, -0.2) is 14.3 Å². The topological polar surface area (TPSA) is 88.1 Å². The Bertz CT molecular complexity index is 955. The summed E-state index contributed by atoms with van der Waals surface area (Å²) in [5.74, 6) is 4.82. The number of carboxylic acid groups (broad SMARTS) is 1. The number of H-pyrrole nitrogens is 1. The van der Waals surface area contributed by atoms with Gasteiger partial charge in [-0.2, -0.15) is 0 Å². The Morgan fingerprint density at radius 2 is 2.04 bits per heavy atom. The molecule has 0 saturated heterocycles. The molecule has 0 aliphatic rings. The fourth-order valence-electron chi connectivity index (χ4n) is 2.04. The van der Waals surface area contributed by atoms with Gasteiger partial charge in [0.1, 0.15) is 11.6 Å². The standard InChI is InChI=1S/C18H12FN3O3/c19-14-9-7-12(8-10-14)3-1-4-13-5-2-6-15(11-13)25-17-16(18(23)24)20-22-21-17/h2,5-11H,3H2,(H,23,24)(H,20,21,22). The van der Waals surface area contributed by atoms with Gasteiger partial charge in [0.2, 0.25) is 5.69 Å². The summed E-state index contributed by atoms with van der Waals surface area (Å²) in [4.78, 5) is 11.0. The maximum atomic E-state index is 12.9. The van der Waals surface area contributed by atoms with Crippen LogP contribution < -0.4 is 4.74 Å². The zero-order chi connectivity index (χ0) is 17.6. The molecular formula is C18H12FN3O3. The van der Waals surface area contributed by atoms with Crippen molar-refractivity contribution in [1.29, 1.82) is 0 Å². The molecule has 0 unspecified atom stereocenters. The number of aromatic carboxylic acids is 1. The van der Waals surface area contributed by atoms with Crippen LogP contribution in [0.3, 0.4) is 0 Å². The summed E-state index contributed by atoms with van der Waals surface area (Å²) in [6.45, 7) is 0. The van der Waals surface area contributed by atoms with Crippen LogP contribution in [0, 0.1) is 17.7 Å². The van der Waals surface area contributed by atoms with E-state index in [1.807, 2.05) is 0 Å². The van der Waals surface area contributed by atoms with E-state index in [-0.39, 0.29) is 17.4 Å². The van der Waals surface area contributed by atoms with Crippen LogP contribution in [0.4, 0.5) is 4.39 Å². The summed E-state index contributed by atoms with van der Waals surface area (Å²) in [6, 6.07) is 13.0. The Morgan fingerprint density at radius 3 is 2.80 bits per heavy atom. The van der Waals surface area contributed by atoms with Crippen molar-refractivity contribution in [3.8, 4) is 23.5 Å². The van der Waals surface area contributed by atoms with Gasteiger partial charge in [-0.15, -0.1) is 5.10 Å². The highest BCUT2D eigenvalue weighted by Gasteiger charge is 2.16. The van der Waals surface area contributed by atoms with Crippen LogP contribution >= 0.6 is 0 Å². The zero-order valence-corrected chi connectivity index (χ0v) is 12.9. The van der Waals surface area contributed by atoms with Crippen LogP contribution in [0.5, 0.6) is 11.6 Å². The normalized spacial score (nSPS) is 9.96. The molecule has 2 aromatic carbocycles. The van der Waals surface area contributed by atoms with E-state index >= 15 is 0 Å². The fourth-order valence-corrected chi connectivity index (χ4v) is 2.04. The van der Waals surface area contributed by atoms with Gasteiger partial charge < -0.3 is 9.84 Å². The second kappa shape index (κ2) is 7.27. The number of halogens is 1. The third-order valence-electron chi connectivity index (χ3n) is 3.21. The minimum absolute atomic E-state index is 0.0519. The quantitative estimate of drug-likeness (QED) is 0.715. The molecule has 0 fully saturated rings. The molecular weight excluding hydrogens is 325 g/mol. The summed E-state index contributed by atoms with van der Waals surface area (Å²) >= 11 is 0. The van der Waals surface area contributed by atoms with Gasteiger partial charge >= 0.3 is 5.97 Å². The zero-order valence-electron chi connectivity index (χ0n) is 12.9. The molecule has 1 heterocycles. The van der Waals surface area contributed by atoms with Crippen LogP contribution in [-0.2, 0) is 6.42 Å². The van der Waals surface area contributed by atoms with Crippen molar-refractivity contribution >= 4 is 5.97 Å². The van der Waals surface area contributed by atoms with Crippen molar-refractivity contribution in [2.45, 2.75) is 6.42 Å². The number of aromatic amines is 1. The molecule has 0 aliphatic carbocycles. The number of carboxylic acids is 1. The molecule has 0 saturated carbocycles. The molecule has 2 N–H and O–H groups in total. The molecule has 7 heteroatoms. The van der Waals surface area contributed by atoms with E-state index in [4.69, 9.17) is 9.84 Å². The van der Waals surface area contributed by atoms with Crippen molar-refractivity contribution in [1.82, 2.24) is 15.4 Å². The second-order valence-corrected chi connectivity index (χ2v) is 5.03. The summed E-state index contributed by atoms with van der Waals surface area (Å²) < 4.78 is 18.3. The first-order valence-electron chi connectivity index (χ1n) is 7.27. The van der Waals surface area contributed by atoms with Gasteiger partial charge in [-0.05, 0) is 35.9 Å². The van der Waals surface area contributed by atoms with E-state index in [1.165, 1.54) is 12.1 Å². The minimum Gasteiger partial charge on any atom is -0.476 e. The molecule has 3 rings (SSSR count). The third kappa shape index (κ3) is 4.20. The largest absolute Gasteiger partial charge is 0.476 e. The highest BCUT2D eigenvalue weighted by molar-refractivity contribution is 5.87. The monoisotopic (exact) mass is 337 g/mol. The highest BCUT2D eigenvalue weighted by Crippen LogP contribution is 2.22. The van der Waals surface area contributed by atoms with Crippen molar-refractivity contribution < 1.29 is 19.0 Å². The summed E-state index contributed by atoms with van der Waals surface area (Å²) in [7, 11) is 0. The average Bonchev–Trinajstić information content (AvgIpc) is 3.05. The first-order valence-corrected chi connectivity index (χ1v) is 7.27. The number of ether oxygens (including phenoxy) is 1. The number of nitrogens with zero attached hydrogens (tertiary/aromatic N) is 2. The highest BCUT2D eigenvalue weighted by atomic mass is 19.1. The van der Waals surface area contributed by atoms with Gasteiger partial charge in [-0.3, -0.25) is 0 Å². The molecule has 0 amide bonds. The van der Waals surface area contributed by atoms with Crippen molar-refractivity contribution in [3.05, 3.63) is 71.2 Å². The van der Waals surface area contributed by atoms with Crippen LogP contribution in [0.1, 0.15) is 21.6 Å². The lowest BCUT2D eigenvalue weighted by molar-refractivity contribution is 0.0687. The molecule has 0 atom stereocenters. The number of nitrogens with one attached hydrogen (secondary N) is 1. The van der Waals surface area contributed by atoms with Crippen molar-refractivity contribution in [2.24, 2.45) is 0 Å². The Morgan fingerprint density at radius 1 is 1.24 bits per heavy atom. The maximum absolute atomic E-state index is 12.9. The number of rotatable bonds is 4. The number of carbonyl (C=O) groups is 1. The van der Waals surface area contributed by atoms with Gasteiger partial charge in [0.25, 0.3) is 5.88 Å². The molecule has 0 spiro atoms. The number of hydrogen-bond donors (Lipinski definition) is 2. The Hall–Kier alpha value is -3.66. The Kier molecular flexibility index (Phi) is 4.72. The van der Waals surface area contributed by atoms with Crippen LogP contribution in [0.25, 0.3) is 0 Å². The average molecular weight is 337 g/mol. The maximum Gasteiger partial charge on any atom is 0.362 e. The van der Waals surface area contributed by atoms with E-state index < -0.39 is 5.97 Å². The van der Waals surface area contributed by atoms with Gasteiger partial charge in [0.15, 0.2) is 0 Å². The van der Waals surface area contributed by atoms with Crippen LogP contribution in [0.2, 0.25) is 0 Å². The Balaban J connectivity index is 1.71. The smallest absolute Gasteiger partial charge is 0.362 e. The molecule has 0 radical (unpaired) electrons. The van der Waals surface area contributed by atoms with Gasteiger partial charge in [0, 0.05) is 12.0 Å². The van der Waals surface area contributed by atoms with E-state index in [2.05, 4.69) is 27.3 Å². The van der Waals surface area contributed by atoms with Gasteiger partial charge in [-0.1, -0.05) is 35.3 Å². The molecule has 6 nitrogen and oxygen atoms in total. The lowest BCUT2D eigenvalue weighted by Crippen LogP contribution is -1.99. The van der Waals surface area contributed by atoms with Crippen molar-refractivity contribution in [2.75, 3.05) is 0 Å². The molecule has 3 aromatic rings.